The first-order valence-corrected chi connectivity index (χ1v) is 5.89. The highest BCUT2D eigenvalue weighted by Gasteiger charge is 2.26. The maximum Gasteiger partial charge on any atom is 0.237 e. The van der Waals surface area contributed by atoms with Crippen molar-refractivity contribution in [1.82, 2.24) is 10.1 Å². The van der Waals surface area contributed by atoms with Crippen molar-refractivity contribution in [3.8, 4) is 0 Å². The van der Waals surface area contributed by atoms with Gasteiger partial charge in [0, 0.05) is 6.42 Å². The highest BCUT2D eigenvalue weighted by Crippen LogP contribution is 2.23. The van der Waals surface area contributed by atoms with Crippen LogP contribution in [0.25, 0.3) is 0 Å². The zero-order chi connectivity index (χ0) is 12.1. The van der Waals surface area contributed by atoms with Gasteiger partial charge in [0.1, 0.15) is 5.78 Å². The Hall–Kier alpha value is -1.19. The van der Waals surface area contributed by atoms with Gasteiger partial charge in [-0.25, -0.2) is 0 Å². The number of aromatic nitrogens is 2. The minimum absolute atomic E-state index is 0.0840. The minimum atomic E-state index is -0.261. The summed E-state index contributed by atoms with van der Waals surface area (Å²) in [5.41, 5.74) is 0. The third-order valence-corrected chi connectivity index (χ3v) is 2.61. The van der Waals surface area contributed by atoms with Gasteiger partial charge in [-0.3, -0.25) is 4.79 Å². The Kier molecular flexibility index (Phi) is 4.65. The van der Waals surface area contributed by atoms with Crippen molar-refractivity contribution in [3.05, 3.63) is 11.7 Å². The molecular weight excluding hydrogens is 204 g/mol. The molecule has 0 saturated heterocycles. The van der Waals surface area contributed by atoms with E-state index in [4.69, 9.17) is 4.52 Å². The van der Waals surface area contributed by atoms with Crippen molar-refractivity contribution in [1.29, 1.82) is 0 Å². The molecule has 0 aromatic carbocycles. The molecule has 0 aliphatic carbocycles. The maximum atomic E-state index is 11.5. The summed E-state index contributed by atoms with van der Waals surface area (Å²) in [5, 5.41) is 3.90. The van der Waals surface area contributed by atoms with Crippen LogP contribution >= 0.6 is 0 Å². The second-order valence-electron chi connectivity index (χ2n) is 4.48. The summed E-state index contributed by atoms with van der Waals surface area (Å²) in [6.07, 6.45) is 2.97. The molecule has 4 heteroatoms. The topological polar surface area (TPSA) is 56.0 Å². The van der Waals surface area contributed by atoms with Crippen LogP contribution < -0.4 is 0 Å². The summed E-state index contributed by atoms with van der Waals surface area (Å²) in [6, 6.07) is 0. The van der Waals surface area contributed by atoms with Gasteiger partial charge in [-0.15, -0.1) is 0 Å². The van der Waals surface area contributed by atoms with Crippen LogP contribution in [-0.4, -0.2) is 15.9 Å². The third kappa shape index (κ3) is 3.15. The van der Waals surface area contributed by atoms with Crippen LogP contribution in [0.3, 0.4) is 0 Å². The summed E-state index contributed by atoms with van der Waals surface area (Å²) >= 11 is 0. The monoisotopic (exact) mass is 224 g/mol. The van der Waals surface area contributed by atoms with Crippen molar-refractivity contribution in [2.24, 2.45) is 5.92 Å². The SMILES string of the molecule is CCCCc1noc(C(C(C)=O)C(C)C)n1. The van der Waals surface area contributed by atoms with E-state index in [2.05, 4.69) is 17.1 Å². The van der Waals surface area contributed by atoms with E-state index >= 15 is 0 Å². The molecule has 0 N–H and O–H groups in total. The Morgan fingerprint density at radius 3 is 2.62 bits per heavy atom. The number of carbonyl (C=O) groups excluding carboxylic acids is 1. The molecule has 1 aromatic heterocycles. The summed E-state index contributed by atoms with van der Waals surface area (Å²) in [6.45, 7) is 7.66. The average Bonchev–Trinajstić information content (AvgIpc) is 2.62. The second-order valence-corrected chi connectivity index (χ2v) is 4.48. The molecule has 1 rings (SSSR count). The molecule has 1 unspecified atom stereocenters. The van der Waals surface area contributed by atoms with Gasteiger partial charge in [0.15, 0.2) is 5.82 Å². The van der Waals surface area contributed by atoms with Gasteiger partial charge in [0.05, 0.1) is 5.92 Å². The van der Waals surface area contributed by atoms with Crippen molar-refractivity contribution in [2.75, 3.05) is 0 Å². The zero-order valence-electron chi connectivity index (χ0n) is 10.5. The van der Waals surface area contributed by atoms with E-state index in [0.29, 0.717) is 11.7 Å². The number of rotatable bonds is 6. The van der Waals surface area contributed by atoms with E-state index in [1.54, 1.807) is 6.92 Å². The summed E-state index contributed by atoms with van der Waals surface area (Å²) < 4.78 is 5.16. The van der Waals surface area contributed by atoms with Crippen LogP contribution in [0, 0.1) is 5.92 Å². The van der Waals surface area contributed by atoms with Crippen molar-refractivity contribution >= 4 is 5.78 Å². The lowest BCUT2D eigenvalue weighted by molar-refractivity contribution is -0.119. The van der Waals surface area contributed by atoms with Crippen LogP contribution in [0.4, 0.5) is 0 Å². The molecule has 16 heavy (non-hydrogen) atoms. The molecule has 4 nitrogen and oxygen atoms in total. The molecule has 0 saturated carbocycles. The number of hydrogen-bond donors (Lipinski definition) is 0. The number of carbonyl (C=O) groups is 1. The molecule has 0 aliphatic rings. The van der Waals surface area contributed by atoms with E-state index in [9.17, 15) is 4.79 Å². The molecule has 0 fully saturated rings. The molecule has 1 heterocycles. The number of aryl methyl sites for hydroxylation is 1. The first kappa shape index (κ1) is 12.9. The molecule has 0 amide bonds. The lowest BCUT2D eigenvalue weighted by Crippen LogP contribution is -2.15. The number of unbranched alkanes of at least 4 members (excludes halogenated alkanes) is 1. The Balaban J connectivity index is 2.78. The fourth-order valence-corrected chi connectivity index (χ4v) is 1.76. The van der Waals surface area contributed by atoms with E-state index in [-0.39, 0.29) is 17.6 Å². The second kappa shape index (κ2) is 5.77. The van der Waals surface area contributed by atoms with Gasteiger partial charge in [-0.2, -0.15) is 4.98 Å². The fraction of sp³-hybridized carbons (Fsp3) is 0.750. The normalized spacial score (nSPS) is 13.1. The molecule has 0 bridgehead atoms. The first-order chi connectivity index (χ1) is 7.56. The van der Waals surface area contributed by atoms with Gasteiger partial charge >= 0.3 is 0 Å². The molecule has 1 aromatic rings. The summed E-state index contributed by atoms with van der Waals surface area (Å²) in [5.74, 6) is 1.19. The standard InChI is InChI=1S/C12H20N2O2/c1-5-6-7-10-13-12(16-14-10)11(8(2)3)9(4)15/h8,11H,5-7H2,1-4H3. The average molecular weight is 224 g/mol. The zero-order valence-corrected chi connectivity index (χ0v) is 10.5. The Morgan fingerprint density at radius 2 is 2.12 bits per heavy atom. The first-order valence-electron chi connectivity index (χ1n) is 5.89. The van der Waals surface area contributed by atoms with E-state index in [1.807, 2.05) is 13.8 Å². The van der Waals surface area contributed by atoms with Crippen molar-refractivity contribution in [3.63, 3.8) is 0 Å². The number of Topliss-reactive ketones (excluding diaryl/α,β-unsaturated/α-hetero) is 1. The summed E-state index contributed by atoms with van der Waals surface area (Å²) in [7, 11) is 0. The van der Waals surface area contributed by atoms with Gasteiger partial charge in [0.25, 0.3) is 0 Å². The van der Waals surface area contributed by atoms with Crippen LogP contribution in [0.1, 0.15) is 58.2 Å². The fourth-order valence-electron chi connectivity index (χ4n) is 1.76. The number of nitrogens with zero attached hydrogens (tertiary/aromatic N) is 2. The molecule has 0 radical (unpaired) electrons. The van der Waals surface area contributed by atoms with Crippen molar-refractivity contribution in [2.45, 2.75) is 52.9 Å². The summed E-state index contributed by atoms with van der Waals surface area (Å²) in [4.78, 5) is 15.8. The van der Waals surface area contributed by atoms with E-state index < -0.39 is 0 Å². The molecule has 0 spiro atoms. The highest BCUT2D eigenvalue weighted by molar-refractivity contribution is 5.82. The largest absolute Gasteiger partial charge is 0.339 e. The predicted octanol–water partition coefficient (Wildman–Crippen LogP) is 2.74. The third-order valence-electron chi connectivity index (χ3n) is 2.61. The van der Waals surface area contributed by atoms with Crippen molar-refractivity contribution < 1.29 is 9.32 Å². The van der Waals surface area contributed by atoms with E-state index in [1.165, 1.54) is 0 Å². The Labute approximate surface area is 96.4 Å². The Bertz CT molecular complexity index is 345. The van der Waals surface area contributed by atoms with Crippen LogP contribution in [0.2, 0.25) is 0 Å². The van der Waals surface area contributed by atoms with Gasteiger partial charge in [-0.1, -0.05) is 32.3 Å². The quantitative estimate of drug-likeness (QED) is 0.745. The smallest absolute Gasteiger partial charge is 0.237 e. The van der Waals surface area contributed by atoms with Crippen LogP contribution in [-0.2, 0) is 11.2 Å². The minimum Gasteiger partial charge on any atom is -0.339 e. The lowest BCUT2D eigenvalue weighted by Gasteiger charge is -2.12. The molecule has 0 aliphatic heterocycles. The highest BCUT2D eigenvalue weighted by atomic mass is 16.5. The van der Waals surface area contributed by atoms with Gasteiger partial charge in [-0.05, 0) is 19.3 Å². The van der Waals surface area contributed by atoms with E-state index in [0.717, 1.165) is 19.3 Å². The van der Waals surface area contributed by atoms with Gasteiger partial charge in [0.2, 0.25) is 5.89 Å². The molecule has 1 atom stereocenters. The Morgan fingerprint density at radius 1 is 1.44 bits per heavy atom. The van der Waals surface area contributed by atoms with Crippen LogP contribution in [0.15, 0.2) is 4.52 Å². The predicted molar refractivity (Wildman–Crippen MR) is 61.2 cm³/mol. The number of ketones is 1. The van der Waals surface area contributed by atoms with Crippen LogP contribution in [0.5, 0.6) is 0 Å². The number of hydrogen-bond acceptors (Lipinski definition) is 4. The maximum absolute atomic E-state index is 11.5. The lowest BCUT2D eigenvalue weighted by atomic mass is 9.92. The van der Waals surface area contributed by atoms with Gasteiger partial charge < -0.3 is 4.52 Å². The molecular formula is C12H20N2O2. The molecule has 90 valence electrons.